The van der Waals surface area contributed by atoms with Crippen LogP contribution in [0.15, 0.2) is 0 Å². The van der Waals surface area contributed by atoms with E-state index in [-0.39, 0.29) is 18.3 Å². The molecular weight excluding hydrogens is 238 g/mol. The molecule has 0 aromatic heterocycles. The maximum atomic E-state index is 12.0. The van der Waals surface area contributed by atoms with Crippen molar-refractivity contribution in [3.05, 3.63) is 0 Å². The molecule has 1 amide bonds. The number of rotatable bonds is 4. The molecule has 5 heteroatoms. The Kier molecular flexibility index (Phi) is 5.70. The Morgan fingerprint density at radius 2 is 2.00 bits per heavy atom. The van der Waals surface area contributed by atoms with Crippen LogP contribution in [0, 0.1) is 5.92 Å². The molecule has 0 aliphatic carbocycles. The number of hydrogen-bond acceptors (Lipinski definition) is 3. The van der Waals surface area contributed by atoms with Crippen molar-refractivity contribution in [1.29, 1.82) is 0 Å². The fourth-order valence-corrected chi connectivity index (χ4v) is 2.70. The van der Waals surface area contributed by atoms with E-state index < -0.39 is 0 Å². The summed E-state index contributed by atoms with van der Waals surface area (Å²) in [6.07, 6.45) is 1.15. The number of carbonyl (C=O) groups is 1. The van der Waals surface area contributed by atoms with Crippen LogP contribution < -0.4 is 5.32 Å². The van der Waals surface area contributed by atoms with E-state index in [1.807, 2.05) is 0 Å². The van der Waals surface area contributed by atoms with Crippen LogP contribution in [0.2, 0.25) is 0 Å². The maximum absolute atomic E-state index is 12.0. The van der Waals surface area contributed by atoms with E-state index in [1.54, 1.807) is 0 Å². The average Bonchev–Trinajstić information content (AvgIpc) is 2.66. The summed E-state index contributed by atoms with van der Waals surface area (Å²) in [5.74, 6) is 0.629. The van der Waals surface area contributed by atoms with Gasteiger partial charge in [0.05, 0.1) is 5.92 Å². The molecule has 2 heterocycles. The molecule has 2 aliphatic heterocycles. The summed E-state index contributed by atoms with van der Waals surface area (Å²) < 4.78 is 0. The second-order valence-electron chi connectivity index (χ2n) is 4.80. The van der Waals surface area contributed by atoms with Gasteiger partial charge >= 0.3 is 0 Å². The Morgan fingerprint density at radius 1 is 1.35 bits per heavy atom. The van der Waals surface area contributed by atoms with Gasteiger partial charge in [-0.25, -0.2) is 0 Å². The molecule has 0 spiro atoms. The van der Waals surface area contributed by atoms with Gasteiger partial charge in [-0.15, -0.1) is 12.4 Å². The SMILES string of the molecule is CCN(CC)C1CCN(C(=O)C2CNC2)C1.Cl. The quantitative estimate of drug-likeness (QED) is 0.804. The van der Waals surface area contributed by atoms with E-state index in [0.717, 1.165) is 45.7 Å². The number of likely N-dealkylation sites (tertiary alicyclic amines) is 1. The summed E-state index contributed by atoms with van der Waals surface area (Å²) in [6.45, 7) is 10.2. The third kappa shape index (κ3) is 3.12. The summed E-state index contributed by atoms with van der Waals surface area (Å²) >= 11 is 0. The summed E-state index contributed by atoms with van der Waals surface area (Å²) in [6, 6.07) is 0.590. The Hall–Kier alpha value is -0.320. The molecule has 0 saturated carbocycles. The highest BCUT2D eigenvalue weighted by atomic mass is 35.5. The van der Waals surface area contributed by atoms with Gasteiger partial charge in [-0.05, 0) is 19.5 Å². The molecule has 1 unspecified atom stereocenters. The third-order valence-corrected chi connectivity index (χ3v) is 3.93. The monoisotopic (exact) mass is 261 g/mol. The van der Waals surface area contributed by atoms with Gasteiger partial charge < -0.3 is 10.2 Å². The maximum Gasteiger partial charge on any atom is 0.228 e. The van der Waals surface area contributed by atoms with Gasteiger partial charge in [-0.1, -0.05) is 13.8 Å². The number of halogens is 1. The first-order valence-electron chi connectivity index (χ1n) is 6.49. The van der Waals surface area contributed by atoms with Crippen LogP contribution in [0.5, 0.6) is 0 Å². The van der Waals surface area contributed by atoms with Crippen LogP contribution in [-0.4, -0.2) is 61.0 Å². The number of nitrogens with one attached hydrogen (secondary N) is 1. The minimum Gasteiger partial charge on any atom is -0.341 e. The zero-order chi connectivity index (χ0) is 11.5. The second kappa shape index (κ2) is 6.57. The van der Waals surface area contributed by atoms with Crippen molar-refractivity contribution in [2.45, 2.75) is 26.3 Å². The van der Waals surface area contributed by atoms with Crippen molar-refractivity contribution < 1.29 is 4.79 Å². The van der Waals surface area contributed by atoms with Crippen LogP contribution in [0.1, 0.15) is 20.3 Å². The Labute approximate surface area is 110 Å². The average molecular weight is 262 g/mol. The summed E-state index contributed by atoms with van der Waals surface area (Å²) in [4.78, 5) is 16.6. The molecule has 0 aromatic carbocycles. The fourth-order valence-electron chi connectivity index (χ4n) is 2.70. The predicted molar refractivity (Wildman–Crippen MR) is 71.5 cm³/mol. The highest BCUT2D eigenvalue weighted by Crippen LogP contribution is 2.18. The van der Waals surface area contributed by atoms with E-state index in [2.05, 4.69) is 29.0 Å². The van der Waals surface area contributed by atoms with E-state index in [1.165, 1.54) is 0 Å². The number of nitrogens with zero attached hydrogens (tertiary/aromatic N) is 2. The second-order valence-corrected chi connectivity index (χ2v) is 4.80. The lowest BCUT2D eigenvalue weighted by Crippen LogP contribution is -2.52. The molecule has 2 rings (SSSR count). The van der Waals surface area contributed by atoms with E-state index in [9.17, 15) is 4.79 Å². The Bertz CT molecular complexity index is 254. The van der Waals surface area contributed by atoms with Gasteiger partial charge in [0.15, 0.2) is 0 Å². The lowest BCUT2D eigenvalue weighted by molar-refractivity contribution is -0.136. The van der Waals surface area contributed by atoms with Gasteiger partial charge in [0, 0.05) is 32.2 Å². The largest absolute Gasteiger partial charge is 0.341 e. The molecule has 1 N–H and O–H groups in total. The van der Waals surface area contributed by atoms with E-state index >= 15 is 0 Å². The summed E-state index contributed by atoms with van der Waals surface area (Å²) in [5, 5.41) is 3.16. The van der Waals surface area contributed by atoms with Crippen LogP contribution in [-0.2, 0) is 4.79 Å². The zero-order valence-corrected chi connectivity index (χ0v) is 11.6. The van der Waals surface area contributed by atoms with Crippen molar-refractivity contribution in [2.24, 2.45) is 5.92 Å². The molecule has 2 fully saturated rings. The first kappa shape index (κ1) is 14.7. The van der Waals surface area contributed by atoms with Gasteiger partial charge in [0.25, 0.3) is 0 Å². The topological polar surface area (TPSA) is 35.6 Å². The van der Waals surface area contributed by atoms with Crippen molar-refractivity contribution in [2.75, 3.05) is 39.3 Å². The molecule has 4 nitrogen and oxygen atoms in total. The van der Waals surface area contributed by atoms with Crippen molar-refractivity contribution >= 4 is 18.3 Å². The van der Waals surface area contributed by atoms with Crippen LogP contribution in [0.3, 0.4) is 0 Å². The molecular formula is C12H24ClN3O. The van der Waals surface area contributed by atoms with Crippen molar-refractivity contribution in [3.63, 3.8) is 0 Å². The molecule has 2 aliphatic rings. The number of amides is 1. The van der Waals surface area contributed by atoms with Crippen molar-refractivity contribution in [1.82, 2.24) is 15.1 Å². The third-order valence-electron chi connectivity index (χ3n) is 3.93. The van der Waals surface area contributed by atoms with Crippen LogP contribution in [0.4, 0.5) is 0 Å². The molecule has 1 atom stereocenters. The predicted octanol–water partition coefficient (Wildman–Crippen LogP) is 0.570. The minimum absolute atomic E-state index is 0. The lowest BCUT2D eigenvalue weighted by Gasteiger charge is -2.31. The normalized spacial score (nSPS) is 24.6. The molecule has 2 saturated heterocycles. The van der Waals surface area contributed by atoms with Crippen LogP contribution >= 0.6 is 12.4 Å². The van der Waals surface area contributed by atoms with Crippen molar-refractivity contribution in [3.8, 4) is 0 Å². The van der Waals surface area contributed by atoms with E-state index in [4.69, 9.17) is 0 Å². The summed E-state index contributed by atoms with van der Waals surface area (Å²) in [7, 11) is 0. The Morgan fingerprint density at radius 3 is 2.47 bits per heavy atom. The smallest absolute Gasteiger partial charge is 0.228 e. The Balaban J connectivity index is 0.00000144. The van der Waals surface area contributed by atoms with Gasteiger partial charge in [-0.3, -0.25) is 9.69 Å². The summed E-state index contributed by atoms with van der Waals surface area (Å²) in [5.41, 5.74) is 0. The molecule has 0 radical (unpaired) electrons. The number of hydrogen-bond donors (Lipinski definition) is 1. The number of likely N-dealkylation sites (N-methyl/N-ethyl adjacent to an activating group) is 1. The standard InChI is InChI=1S/C12H23N3O.ClH/c1-3-14(4-2)11-5-6-15(9-11)12(16)10-7-13-8-10;/h10-11,13H,3-9H2,1-2H3;1H. The molecule has 0 bridgehead atoms. The number of carbonyl (C=O) groups excluding carboxylic acids is 1. The first-order chi connectivity index (χ1) is 7.76. The minimum atomic E-state index is 0. The molecule has 100 valence electrons. The van der Waals surface area contributed by atoms with Gasteiger partial charge in [-0.2, -0.15) is 0 Å². The van der Waals surface area contributed by atoms with Gasteiger partial charge in [0.1, 0.15) is 0 Å². The highest BCUT2D eigenvalue weighted by molar-refractivity contribution is 5.85. The molecule has 17 heavy (non-hydrogen) atoms. The highest BCUT2D eigenvalue weighted by Gasteiger charge is 2.34. The fraction of sp³-hybridized carbons (Fsp3) is 0.917. The first-order valence-corrected chi connectivity index (χ1v) is 6.49. The van der Waals surface area contributed by atoms with Gasteiger partial charge in [0.2, 0.25) is 5.91 Å². The zero-order valence-electron chi connectivity index (χ0n) is 10.8. The van der Waals surface area contributed by atoms with E-state index in [0.29, 0.717) is 11.9 Å². The molecule has 0 aromatic rings. The lowest BCUT2D eigenvalue weighted by atomic mass is 10.0. The van der Waals surface area contributed by atoms with Crippen LogP contribution in [0.25, 0.3) is 0 Å².